The number of nitrogens with two attached hydrogens (primary N) is 1. The van der Waals surface area contributed by atoms with Crippen molar-refractivity contribution in [2.75, 3.05) is 5.32 Å². The normalized spacial score (nSPS) is 11.5. The lowest BCUT2D eigenvalue weighted by molar-refractivity contribution is 0.0546. The molecule has 0 unspecified atom stereocenters. The molecule has 0 saturated carbocycles. The summed E-state index contributed by atoms with van der Waals surface area (Å²) in [5, 5.41) is 13.1. The van der Waals surface area contributed by atoms with E-state index in [9.17, 15) is 19.5 Å². The van der Waals surface area contributed by atoms with Crippen LogP contribution in [0.5, 0.6) is 11.5 Å². The number of amides is 2. The van der Waals surface area contributed by atoms with Crippen LogP contribution in [0.3, 0.4) is 0 Å². The molecule has 2 amide bonds. The minimum Gasteiger partial charge on any atom is -0.453 e. The number of carbonyl (C=O) groups excluding carboxylic acids is 2. The van der Waals surface area contributed by atoms with Crippen molar-refractivity contribution in [1.82, 2.24) is 14.3 Å². The molecule has 5 rings (SSSR count). The first-order valence-electron chi connectivity index (χ1n) is 12.5. The van der Waals surface area contributed by atoms with Crippen molar-refractivity contribution in [3.05, 3.63) is 99.2 Å². The third-order valence-corrected chi connectivity index (χ3v) is 7.34. The topological polar surface area (TPSA) is 141 Å². The number of aromatic nitrogens is 3. The fraction of sp³-hybridized carbons (Fsp3) is 0.172. The molecule has 0 fully saturated rings. The second-order valence-corrected chi connectivity index (χ2v) is 11.0. The Balaban J connectivity index is 1.44. The molecule has 0 aliphatic heterocycles. The van der Waals surface area contributed by atoms with Crippen LogP contribution in [0.1, 0.15) is 39.6 Å². The van der Waals surface area contributed by atoms with Crippen LogP contribution in [0.15, 0.2) is 71.7 Å². The first-order valence-corrected chi connectivity index (χ1v) is 13.3. The second kappa shape index (κ2) is 10.6. The average molecular weight is 576 g/mol. The summed E-state index contributed by atoms with van der Waals surface area (Å²) in [6, 6.07) is 15.7. The summed E-state index contributed by atoms with van der Waals surface area (Å²) in [5.41, 5.74) is 4.92. The zero-order valence-corrected chi connectivity index (χ0v) is 23.2. The Bertz CT molecular complexity index is 1850. The van der Waals surface area contributed by atoms with E-state index in [0.29, 0.717) is 26.5 Å². The van der Waals surface area contributed by atoms with Crippen LogP contribution in [-0.2, 0) is 6.54 Å². The fourth-order valence-corrected chi connectivity index (χ4v) is 5.30. The van der Waals surface area contributed by atoms with Gasteiger partial charge in [0.2, 0.25) is 0 Å². The molecule has 4 N–H and O–H groups in total. The Morgan fingerprint density at radius 1 is 1.12 bits per heavy atom. The number of pyridine rings is 1. The van der Waals surface area contributed by atoms with Crippen molar-refractivity contribution >= 4 is 39.1 Å². The summed E-state index contributed by atoms with van der Waals surface area (Å²) in [6.45, 7) is 4.86. The SMILES string of the molecule is Cc1c(C(=O)Nc2ccc(Oc3ccnc4cc(C(N)=O)sc34)c(F)c2)c(=O)n(-c2ccccc2)n1CC(C)(C)O. The largest absolute Gasteiger partial charge is 0.453 e. The second-order valence-electron chi connectivity index (χ2n) is 9.98. The molecule has 5 aromatic rings. The number of ether oxygens (including phenoxy) is 1. The van der Waals surface area contributed by atoms with Crippen molar-refractivity contribution in [2.45, 2.75) is 32.9 Å². The fourth-order valence-electron chi connectivity index (χ4n) is 4.38. The van der Waals surface area contributed by atoms with Gasteiger partial charge in [-0.1, -0.05) is 18.2 Å². The van der Waals surface area contributed by atoms with E-state index in [4.69, 9.17) is 10.5 Å². The zero-order valence-electron chi connectivity index (χ0n) is 22.3. The quantitative estimate of drug-likeness (QED) is 0.247. The van der Waals surface area contributed by atoms with Gasteiger partial charge < -0.3 is 20.9 Å². The number of nitrogens with one attached hydrogen (secondary N) is 1. The molecule has 0 aliphatic rings. The number of aliphatic hydroxyl groups is 1. The van der Waals surface area contributed by atoms with Gasteiger partial charge in [-0.05, 0) is 51.1 Å². The van der Waals surface area contributed by atoms with Crippen LogP contribution in [0.4, 0.5) is 10.1 Å². The van der Waals surface area contributed by atoms with Gasteiger partial charge >= 0.3 is 0 Å². The average Bonchev–Trinajstić information content (AvgIpc) is 3.45. The van der Waals surface area contributed by atoms with Crippen molar-refractivity contribution < 1.29 is 23.8 Å². The van der Waals surface area contributed by atoms with Gasteiger partial charge in [-0.25, -0.2) is 9.07 Å². The lowest BCUT2D eigenvalue weighted by Gasteiger charge is -2.22. The molecule has 0 radical (unpaired) electrons. The highest BCUT2D eigenvalue weighted by Crippen LogP contribution is 2.36. The van der Waals surface area contributed by atoms with E-state index in [1.807, 2.05) is 0 Å². The zero-order chi connectivity index (χ0) is 29.5. The van der Waals surface area contributed by atoms with Gasteiger partial charge in [-0.2, -0.15) is 0 Å². The molecule has 0 bridgehead atoms. The van der Waals surface area contributed by atoms with E-state index >= 15 is 4.39 Å². The summed E-state index contributed by atoms with van der Waals surface area (Å²) in [5.74, 6) is -1.94. The lowest BCUT2D eigenvalue weighted by atomic mass is 10.1. The van der Waals surface area contributed by atoms with E-state index in [1.54, 1.807) is 55.8 Å². The van der Waals surface area contributed by atoms with Crippen LogP contribution in [0, 0.1) is 12.7 Å². The van der Waals surface area contributed by atoms with E-state index in [-0.39, 0.29) is 29.3 Å². The number of halogens is 1. The molecule has 2 aromatic carbocycles. The number of hydrogen-bond acceptors (Lipinski definition) is 7. The maximum Gasteiger partial charge on any atom is 0.284 e. The number of benzene rings is 2. The number of carbonyl (C=O) groups is 2. The van der Waals surface area contributed by atoms with Gasteiger partial charge in [0.1, 0.15) is 11.3 Å². The predicted molar refractivity (Wildman–Crippen MR) is 154 cm³/mol. The minimum atomic E-state index is -1.18. The number of primary amides is 1. The third-order valence-electron chi connectivity index (χ3n) is 6.19. The Kier molecular flexibility index (Phi) is 7.20. The van der Waals surface area contributed by atoms with Gasteiger partial charge in [-0.15, -0.1) is 11.3 Å². The summed E-state index contributed by atoms with van der Waals surface area (Å²) in [4.78, 5) is 42.8. The first kappa shape index (κ1) is 27.7. The standard InChI is InChI=1S/C29H26FN5O5S/c1-16-24(28(38)35(18-7-5-4-6-8-18)34(16)15-29(2,3)39)27(37)33-17-9-10-21(19(30)13-17)40-22-11-12-32-20-14-23(26(31)36)41-25(20)22/h4-14,39H,15H2,1-3H3,(H2,31,36)(H,33,37). The Labute approximate surface area is 237 Å². The monoisotopic (exact) mass is 575 g/mol. The summed E-state index contributed by atoms with van der Waals surface area (Å²) in [6.07, 6.45) is 1.47. The molecule has 0 spiro atoms. The third kappa shape index (κ3) is 5.60. The molecular weight excluding hydrogens is 549 g/mol. The summed E-state index contributed by atoms with van der Waals surface area (Å²) >= 11 is 1.08. The summed E-state index contributed by atoms with van der Waals surface area (Å²) < 4.78 is 24.3. The predicted octanol–water partition coefficient (Wildman–Crippen LogP) is 4.61. The molecule has 0 saturated heterocycles. The van der Waals surface area contributed by atoms with E-state index in [2.05, 4.69) is 10.3 Å². The van der Waals surface area contributed by atoms with Crippen LogP contribution in [-0.4, -0.2) is 36.9 Å². The highest BCUT2D eigenvalue weighted by atomic mass is 32.1. The molecule has 0 atom stereocenters. The molecule has 210 valence electrons. The number of para-hydroxylation sites is 1. The molecule has 10 nitrogen and oxygen atoms in total. The lowest BCUT2D eigenvalue weighted by Crippen LogP contribution is -2.32. The molecule has 3 aromatic heterocycles. The van der Waals surface area contributed by atoms with Gasteiger partial charge in [0.05, 0.1) is 38.6 Å². The van der Waals surface area contributed by atoms with Crippen LogP contribution < -0.4 is 21.3 Å². The molecule has 12 heteroatoms. The van der Waals surface area contributed by atoms with Crippen LogP contribution in [0.25, 0.3) is 15.9 Å². The van der Waals surface area contributed by atoms with E-state index in [0.717, 1.165) is 17.4 Å². The maximum atomic E-state index is 15.1. The number of anilines is 1. The van der Waals surface area contributed by atoms with Gasteiger partial charge in [0.25, 0.3) is 17.4 Å². The van der Waals surface area contributed by atoms with Crippen molar-refractivity contribution in [3.63, 3.8) is 0 Å². The smallest absolute Gasteiger partial charge is 0.284 e. The van der Waals surface area contributed by atoms with E-state index < -0.39 is 28.8 Å². The highest BCUT2D eigenvalue weighted by molar-refractivity contribution is 7.21. The van der Waals surface area contributed by atoms with Crippen LogP contribution >= 0.6 is 11.3 Å². The minimum absolute atomic E-state index is 0.0460. The highest BCUT2D eigenvalue weighted by Gasteiger charge is 2.27. The Morgan fingerprint density at radius 2 is 1.85 bits per heavy atom. The molecule has 41 heavy (non-hydrogen) atoms. The first-order chi connectivity index (χ1) is 19.4. The molecule has 0 aliphatic carbocycles. The van der Waals surface area contributed by atoms with E-state index in [1.165, 1.54) is 35.1 Å². The van der Waals surface area contributed by atoms with Gasteiger partial charge in [-0.3, -0.25) is 24.0 Å². The number of nitrogens with zero attached hydrogens (tertiary/aromatic N) is 3. The van der Waals surface area contributed by atoms with Crippen LogP contribution in [0.2, 0.25) is 0 Å². The number of thiophene rings is 1. The molecule has 3 heterocycles. The van der Waals surface area contributed by atoms with Gasteiger partial charge in [0.15, 0.2) is 11.6 Å². The van der Waals surface area contributed by atoms with Gasteiger partial charge in [0, 0.05) is 24.0 Å². The van der Waals surface area contributed by atoms with Crippen molar-refractivity contribution in [3.8, 4) is 17.2 Å². The number of rotatable bonds is 8. The Morgan fingerprint density at radius 3 is 2.51 bits per heavy atom. The van der Waals surface area contributed by atoms with Crippen molar-refractivity contribution in [2.24, 2.45) is 5.73 Å². The number of hydrogen-bond donors (Lipinski definition) is 3. The Hall–Kier alpha value is -4.81. The number of fused-ring (bicyclic) bond motifs is 1. The summed E-state index contributed by atoms with van der Waals surface area (Å²) in [7, 11) is 0. The van der Waals surface area contributed by atoms with Crippen molar-refractivity contribution in [1.29, 1.82) is 0 Å². The molecular formula is C29H26FN5O5S. The maximum absolute atomic E-state index is 15.1.